The number of nitrogens with zero attached hydrogens (tertiary/aromatic N) is 1. The molecule has 0 aliphatic heterocycles. The van der Waals surface area contributed by atoms with Crippen LogP contribution in [0.1, 0.15) is 27.7 Å². The van der Waals surface area contributed by atoms with Crippen molar-refractivity contribution in [1.29, 1.82) is 0 Å². The molecule has 0 bridgehead atoms. The SMILES string of the molecule is CC(O)Cn1c(=O)cc(SC(C)(C)C)[nH]c1=O. The molecule has 5 nitrogen and oxygen atoms in total. The van der Waals surface area contributed by atoms with E-state index in [0.29, 0.717) is 5.03 Å². The minimum Gasteiger partial charge on any atom is -0.392 e. The monoisotopic (exact) mass is 258 g/mol. The van der Waals surface area contributed by atoms with Crippen molar-refractivity contribution in [2.75, 3.05) is 0 Å². The van der Waals surface area contributed by atoms with Crippen LogP contribution in [0.25, 0.3) is 0 Å². The molecule has 1 aromatic rings. The first kappa shape index (κ1) is 14.1. The highest BCUT2D eigenvalue weighted by atomic mass is 32.2. The lowest BCUT2D eigenvalue weighted by Crippen LogP contribution is -2.37. The number of aromatic amines is 1. The van der Waals surface area contributed by atoms with Crippen molar-refractivity contribution in [1.82, 2.24) is 9.55 Å². The molecule has 0 aliphatic rings. The molecule has 0 amide bonds. The Morgan fingerprint density at radius 1 is 1.47 bits per heavy atom. The average molecular weight is 258 g/mol. The Morgan fingerprint density at radius 3 is 2.47 bits per heavy atom. The van der Waals surface area contributed by atoms with Crippen molar-refractivity contribution in [3.63, 3.8) is 0 Å². The Balaban J connectivity index is 3.11. The van der Waals surface area contributed by atoms with Crippen molar-refractivity contribution in [3.8, 4) is 0 Å². The Labute approximate surface area is 104 Å². The summed E-state index contributed by atoms with van der Waals surface area (Å²) in [4.78, 5) is 26.0. The summed E-state index contributed by atoms with van der Waals surface area (Å²) in [5.74, 6) is 0. The van der Waals surface area contributed by atoms with Gasteiger partial charge in [-0.1, -0.05) is 20.8 Å². The molecule has 1 atom stereocenters. The van der Waals surface area contributed by atoms with E-state index in [0.717, 1.165) is 4.57 Å². The van der Waals surface area contributed by atoms with E-state index < -0.39 is 11.8 Å². The summed E-state index contributed by atoms with van der Waals surface area (Å²) in [6, 6.07) is 1.39. The quantitative estimate of drug-likeness (QED) is 0.621. The van der Waals surface area contributed by atoms with Crippen molar-refractivity contribution in [2.24, 2.45) is 0 Å². The zero-order valence-electron chi connectivity index (χ0n) is 10.5. The smallest absolute Gasteiger partial charge is 0.329 e. The van der Waals surface area contributed by atoms with Crippen LogP contribution in [0.4, 0.5) is 0 Å². The highest BCUT2D eigenvalue weighted by molar-refractivity contribution is 8.00. The Hall–Kier alpha value is -1.01. The third-order valence-electron chi connectivity index (χ3n) is 1.86. The molecule has 1 aromatic heterocycles. The summed E-state index contributed by atoms with van der Waals surface area (Å²) < 4.78 is 0.920. The lowest BCUT2D eigenvalue weighted by atomic mass is 10.3. The van der Waals surface area contributed by atoms with E-state index in [-0.39, 0.29) is 16.9 Å². The van der Waals surface area contributed by atoms with Gasteiger partial charge >= 0.3 is 5.69 Å². The molecule has 0 aliphatic carbocycles. The van der Waals surface area contributed by atoms with Crippen LogP contribution in [0, 0.1) is 0 Å². The molecule has 2 N–H and O–H groups in total. The second-order valence-corrected chi connectivity index (χ2v) is 6.82. The van der Waals surface area contributed by atoms with Gasteiger partial charge in [-0.25, -0.2) is 4.79 Å². The van der Waals surface area contributed by atoms with Crippen LogP contribution in [0.15, 0.2) is 20.7 Å². The average Bonchev–Trinajstić information content (AvgIpc) is 2.08. The molecule has 0 radical (unpaired) electrons. The number of aliphatic hydroxyl groups is 1. The fourth-order valence-corrected chi connectivity index (χ4v) is 2.28. The molecule has 1 unspecified atom stereocenters. The zero-order chi connectivity index (χ0) is 13.2. The van der Waals surface area contributed by atoms with E-state index in [9.17, 15) is 14.7 Å². The number of aliphatic hydroxyl groups excluding tert-OH is 1. The fraction of sp³-hybridized carbons (Fsp3) is 0.636. The van der Waals surface area contributed by atoms with E-state index in [1.165, 1.54) is 24.8 Å². The Bertz CT molecular complexity index is 465. The molecule has 6 heteroatoms. The van der Waals surface area contributed by atoms with Gasteiger partial charge in [-0.05, 0) is 6.92 Å². The maximum atomic E-state index is 11.7. The minimum atomic E-state index is -0.727. The van der Waals surface area contributed by atoms with Gasteiger partial charge in [0.15, 0.2) is 0 Å². The third kappa shape index (κ3) is 4.40. The Morgan fingerprint density at radius 2 is 2.06 bits per heavy atom. The largest absolute Gasteiger partial charge is 0.392 e. The van der Waals surface area contributed by atoms with Gasteiger partial charge in [0.25, 0.3) is 5.56 Å². The van der Waals surface area contributed by atoms with Gasteiger partial charge in [0.1, 0.15) is 0 Å². The van der Waals surface area contributed by atoms with Crippen LogP contribution < -0.4 is 11.2 Å². The van der Waals surface area contributed by atoms with Crippen molar-refractivity contribution in [2.45, 2.75) is 50.1 Å². The third-order valence-corrected chi connectivity index (χ3v) is 2.91. The topological polar surface area (TPSA) is 75.1 Å². The Kier molecular flexibility index (Phi) is 4.21. The molecule has 96 valence electrons. The number of hydrogen-bond donors (Lipinski definition) is 2. The number of aromatic nitrogens is 2. The number of nitrogens with one attached hydrogen (secondary N) is 1. The summed E-state index contributed by atoms with van der Waals surface area (Å²) in [6.45, 7) is 7.53. The van der Waals surface area contributed by atoms with Gasteiger partial charge in [-0.3, -0.25) is 9.36 Å². The molecule has 0 saturated carbocycles. The van der Waals surface area contributed by atoms with Gasteiger partial charge in [0, 0.05) is 10.8 Å². The summed E-state index contributed by atoms with van der Waals surface area (Å²) in [6.07, 6.45) is -0.727. The van der Waals surface area contributed by atoms with Crippen molar-refractivity contribution < 1.29 is 5.11 Å². The zero-order valence-corrected chi connectivity index (χ0v) is 11.3. The summed E-state index contributed by atoms with van der Waals surface area (Å²) in [5, 5.41) is 9.74. The van der Waals surface area contributed by atoms with Crippen LogP contribution >= 0.6 is 11.8 Å². The predicted molar refractivity (Wildman–Crippen MR) is 68.6 cm³/mol. The normalized spacial score (nSPS) is 13.7. The lowest BCUT2D eigenvalue weighted by Gasteiger charge is -2.17. The van der Waals surface area contributed by atoms with Crippen LogP contribution in [0.3, 0.4) is 0 Å². The second kappa shape index (κ2) is 5.10. The van der Waals surface area contributed by atoms with Gasteiger partial charge in [0.2, 0.25) is 0 Å². The number of thioether (sulfide) groups is 1. The molecule has 0 saturated heterocycles. The van der Waals surface area contributed by atoms with Gasteiger partial charge in [-0.2, -0.15) is 0 Å². The van der Waals surface area contributed by atoms with E-state index in [1.54, 1.807) is 0 Å². The molecule has 0 spiro atoms. The van der Waals surface area contributed by atoms with Gasteiger partial charge < -0.3 is 10.1 Å². The summed E-state index contributed by atoms with van der Waals surface area (Å²) in [5.41, 5.74) is -0.869. The molecular formula is C11H18N2O3S. The molecule has 0 aromatic carbocycles. The van der Waals surface area contributed by atoms with Crippen molar-refractivity contribution >= 4 is 11.8 Å². The van der Waals surface area contributed by atoms with Gasteiger partial charge in [0.05, 0.1) is 17.7 Å². The highest BCUT2D eigenvalue weighted by Gasteiger charge is 2.14. The van der Waals surface area contributed by atoms with Crippen LogP contribution in [0.5, 0.6) is 0 Å². The number of hydrogen-bond acceptors (Lipinski definition) is 4. The van der Waals surface area contributed by atoms with E-state index in [2.05, 4.69) is 4.98 Å². The first-order valence-electron chi connectivity index (χ1n) is 5.40. The lowest BCUT2D eigenvalue weighted by molar-refractivity contribution is 0.170. The summed E-state index contributed by atoms with van der Waals surface area (Å²) in [7, 11) is 0. The minimum absolute atomic E-state index is 0.00856. The van der Waals surface area contributed by atoms with Crippen molar-refractivity contribution in [3.05, 3.63) is 26.9 Å². The summed E-state index contributed by atoms with van der Waals surface area (Å²) >= 11 is 1.43. The maximum Gasteiger partial charge on any atom is 0.329 e. The first-order valence-corrected chi connectivity index (χ1v) is 6.22. The standard InChI is InChI=1S/C11H18N2O3S/c1-7(14)6-13-9(15)5-8(12-10(13)16)17-11(2,3)4/h5,7,14H,6H2,1-4H3,(H,12,16). The predicted octanol–water partition coefficient (Wildman–Crippen LogP) is 0.808. The molecule has 1 heterocycles. The maximum absolute atomic E-state index is 11.7. The second-order valence-electron chi connectivity index (χ2n) is 4.95. The van der Waals surface area contributed by atoms with E-state index in [1.807, 2.05) is 20.8 Å². The van der Waals surface area contributed by atoms with Crippen LogP contribution in [-0.4, -0.2) is 25.5 Å². The molecule has 0 fully saturated rings. The molecule has 17 heavy (non-hydrogen) atoms. The van der Waals surface area contributed by atoms with Gasteiger partial charge in [-0.15, -0.1) is 11.8 Å². The van der Waals surface area contributed by atoms with Crippen LogP contribution in [-0.2, 0) is 6.54 Å². The number of H-pyrrole nitrogens is 1. The number of rotatable bonds is 3. The molecular weight excluding hydrogens is 240 g/mol. The van der Waals surface area contributed by atoms with E-state index in [4.69, 9.17) is 0 Å². The highest BCUT2D eigenvalue weighted by Crippen LogP contribution is 2.28. The van der Waals surface area contributed by atoms with Crippen LogP contribution in [0.2, 0.25) is 0 Å². The first-order chi connectivity index (χ1) is 7.69. The fourth-order valence-electron chi connectivity index (χ4n) is 1.32. The van der Waals surface area contributed by atoms with E-state index >= 15 is 0 Å². The molecule has 1 rings (SSSR count).